The van der Waals surface area contributed by atoms with Crippen LogP contribution in [0.1, 0.15) is 24.2 Å². The van der Waals surface area contributed by atoms with Crippen LogP contribution < -0.4 is 10.0 Å². The molecule has 3 N–H and O–H groups in total. The third-order valence-electron chi connectivity index (χ3n) is 3.11. The van der Waals surface area contributed by atoms with E-state index in [1.165, 1.54) is 6.33 Å². The van der Waals surface area contributed by atoms with Crippen molar-refractivity contribution in [1.29, 1.82) is 0 Å². The van der Waals surface area contributed by atoms with Crippen LogP contribution in [0.2, 0.25) is 0 Å². The number of sulfonamides is 1. The fraction of sp³-hybridized carbons (Fsp3) is 0.308. The Morgan fingerprint density at radius 3 is 2.85 bits per heavy atom. The van der Waals surface area contributed by atoms with Gasteiger partial charge in [-0.3, -0.25) is 0 Å². The number of rotatable bonds is 6. The minimum Gasteiger partial charge on any atom is -0.347 e. The number of nitrogens with one attached hydrogen (secondary N) is 3. The van der Waals surface area contributed by atoms with Gasteiger partial charge in [0.1, 0.15) is 0 Å². The number of imidazole rings is 1. The predicted octanol–water partition coefficient (Wildman–Crippen LogP) is 1.17. The van der Waals surface area contributed by atoms with Crippen molar-refractivity contribution in [2.75, 3.05) is 7.05 Å². The van der Waals surface area contributed by atoms with Crippen molar-refractivity contribution in [3.05, 3.63) is 48.0 Å². The molecule has 7 heteroatoms. The highest BCUT2D eigenvalue weighted by Crippen LogP contribution is 2.17. The summed E-state index contributed by atoms with van der Waals surface area (Å²) < 4.78 is 27.0. The van der Waals surface area contributed by atoms with E-state index in [0.717, 1.165) is 5.56 Å². The summed E-state index contributed by atoms with van der Waals surface area (Å²) in [4.78, 5) is 6.96. The van der Waals surface area contributed by atoms with Crippen LogP contribution in [-0.2, 0) is 16.6 Å². The van der Waals surface area contributed by atoms with Gasteiger partial charge < -0.3 is 10.3 Å². The molecule has 0 aliphatic rings. The van der Waals surface area contributed by atoms with Crippen LogP contribution in [0.25, 0.3) is 0 Å². The number of benzene rings is 1. The van der Waals surface area contributed by atoms with E-state index in [1.807, 2.05) is 20.0 Å². The normalized spacial score (nSPS) is 13.3. The second kappa shape index (κ2) is 6.17. The van der Waals surface area contributed by atoms with Crippen molar-refractivity contribution in [3.8, 4) is 0 Å². The van der Waals surface area contributed by atoms with E-state index < -0.39 is 10.0 Å². The quantitative estimate of drug-likeness (QED) is 0.746. The predicted molar refractivity (Wildman–Crippen MR) is 76.5 cm³/mol. The van der Waals surface area contributed by atoms with Crippen molar-refractivity contribution in [3.63, 3.8) is 0 Å². The Morgan fingerprint density at radius 1 is 1.40 bits per heavy atom. The lowest BCUT2D eigenvalue weighted by atomic mass is 10.1. The molecule has 2 aromatic rings. The summed E-state index contributed by atoms with van der Waals surface area (Å²) in [6.07, 6.45) is 3.10. The zero-order valence-electron chi connectivity index (χ0n) is 11.4. The van der Waals surface area contributed by atoms with Crippen LogP contribution >= 0.6 is 0 Å². The van der Waals surface area contributed by atoms with Gasteiger partial charge in [0.2, 0.25) is 10.0 Å². The maximum absolute atomic E-state index is 12.2. The van der Waals surface area contributed by atoms with Crippen LogP contribution in [0.3, 0.4) is 0 Å². The molecule has 0 saturated carbocycles. The molecule has 1 unspecified atom stereocenters. The molecule has 1 heterocycles. The van der Waals surface area contributed by atoms with E-state index in [0.29, 0.717) is 5.69 Å². The smallest absolute Gasteiger partial charge is 0.240 e. The lowest BCUT2D eigenvalue weighted by Gasteiger charge is -2.12. The maximum Gasteiger partial charge on any atom is 0.240 e. The fourth-order valence-electron chi connectivity index (χ4n) is 1.76. The number of hydrogen-bond donors (Lipinski definition) is 3. The second-order valence-corrected chi connectivity index (χ2v) is 6.25. The average molecular weight is 294 g/mol. The van der Waals surface area contributed by atoms with Gasteiger partial charge >= 0.3 is 0 Å². The van der Waals surface area contributed by atoms with Gasteiger partial charge in [0, 0.05) is 17.9 Å². The van der Waals surface area contributed by atoms with Gasteiger partial charge in [-0.25, -0.2) is 18.1 Å². The summed E-state index contributed by atoms with van der Waals surface area (Å²) in [5.74, 6) is 0. The Balaban J connectivity index is 2.16. The second-order valence-electron chi connectivity index (χ2n) is 4.48. The summed E-state index contributed by atoms with van der Waals surface area (Å²) in [5.41, 5.74) is 1.64. The van der Waals surface area contributed by atoms with Crippen LogP contribution in [0.5, 0.6) is 0 Å². The highest BCUT2D eigenvalue weighted by Gasteiger charge is 2.15. The van der Waals surface area contributed by atoms with E-state index in [2.05, 4.69) is 20.0 Å². The van der Waals surface area contributed by atoms with Crippen molar-refractivity contribution in [2.45, 2.75) is 24.4 Å². The summed E-state index contributed by atoms with van der Waals surface area (Å²) in [6, 6.07) is 7.00. The molecule has 0 bridgehead atoms. The monoisotopic (exact) mass is 294 g/mol. The molecule has 108 valence electrons. The summed E-state index contributed by atoms with van der Waals surface area (Å²) in [6.45, 7) is 2.16. The largest absolute Gasteiger partial charge is 0.347 e. The minimum atomic E-state index is -3.53. The number of hydrogen-bond acceptors (Lipinski definition) is 4. The van der Waals surface area contributed by atoms with E-state index in [1.54, 1.807) is 24.4 Å². The molecule has 2 rings (SSSR count). The van der Waals surface area contributed by atoms with Crippen molar-refractivity contribution in [1.82, 2.24) is 20.0 Å². The van der Waals surface area contributed by atoms with Crippen LogP contribution in [0, 0.1) is 0 Å². The summed E-state index contributed by atoms with van der Waals surface area (Å²) in [7, 11) is -1.69. The van der Waals surface area contributed by atoms with Crippen molar-refractivity contribution < 1.29 is 8.42 Å². The molecule has 1 atom stereocenters. The van der Waals surface area contributed by atoms with Crippen LogP contribution in [-0.4, -0.2) is 25.4 Å². The molecule has 0 radical (unpaired) electrons. The highest BCUT2D eigenvalue weighted by molar-refractivity contribution is 7.89. The average Bonchev–Trinajstić information content (AvgIpc) is 2.98. The molecular formula is C13H18N4O2S. The first kappa shape index (κ1) is 14.7. The minimum absolute atomic E-state index is 0.0951. The fourth-order valence-corrected chi connectivity index (χ4v) is 2.82. The molecule has 20 heavy (non-hydrogen) atoms. The van der Waals surface area contributed by atoms with Gasteiger partial charge in [0.25, 0.3) is 0 Å². The first-order chi connectivity index (χ1) is 9.53. The number of nitrogens with zero attached hydrogens (tertiary/aromatic N) is 1. The van der Waals surface area contributed by atoms with Crippen molar-refractivity contribution in [2.24, 2.45) is 0 Å². The summed E-state index contributed by atoms with van der Waals surface area (Å²) >= 11 is 0. The van der Waals surface area contributed by atoms with Gasteiger partial charge in [-0.15, -0.1) is 0 Å². The third kappa shape index (κ3) is 3.44. The van der Waals surface area contributed by atoms with Crippen LogP contribution in [0.4, 0.5) is 0 Å². The van der Waals surface area contributed by atoms with Crippen LogP contribution in [0.15, 0.2) is 41.7 Å². The van der Waals surface area contributed by atoms with E-state index in [4.69, 9.17) is 0 Å². The van der Waals surface area contributed by atoms with Gasteiger partial charge in [-0.05, 0) is 31.7 Å². The topological polar surface area (TPSA) is 86.9 Å². The zero-order chi connectivity index (χ0) is 14.6. The Labute approximate surface area is 118 Å². The van der Waals surface area contributed by atoms with E-state index in [9.17, 15) is 8.42 Å². The molecular weight excluding hydrogens is 276 g/mol. The molecule has 0 aliphatic heterocycles. The maximum atomic E-state index is 12.2. The molecule has 1 aromatic heterocycles. The Kier molecular flexibility index (Phi) is 4.53. The van der Waals surface area contributed by atoms with Gasteiger partial charge in [-0.1, -0.05) is 12.1 Å². The molecule has 0 spiro atoms. The van der Waals surface area contributed by atoms with E-state index in [-0.39, 0.29) is 17.5 Å². The zero-order valence-corrected chi connectivity index (χ0v) is 12.2. The molecule has 1 aromatic carbocycles. The molecule has 0 amide bonds. The van der Waals surface area contributed by atoms with Crippen molar-refractivity contribution >= 4 is 10.0 Å². The molecule has 0 aliphatic carbocycles. The Hall–Kier alpha value is -1.70. The Morgan fingerprint density at radius 2 is 2.20 bits per heavy atom. The number of aromatic amines is 1. The number of H-pyrrole nitrogens is 1. The van der Waals surface area contributed by atoms with E-state index >= 15 is 0 Å². The lowest BCUT2D eigenvalue weighted by molar-refractivity contribution is 0.579. The van der Waals surface area contributed by atoms with Gasteiger partial charge in [0.15, 0.2) is 0 Å². The third-order valence-corrected chi connectivity index (χ3v) is 4.51. The SMILES string of the molecule is CNC(C)c1cccc(S(=O)(=O)NCc2cnc[nH]2)c1. The van der Waals surface area contributed by atoms with Gasteiger partial charge in [0.05, 0.1) is 17.8 Å². The highest BCUT2D eigenvalue weighted by atomic mass is 32.2. The first-order valence-electron chi connectivity index (χ1n) is 6.27. The summed E-state index contributed by atoms with van der Waals surface area (Å²) in [5, 5.41) is 3.09. The standard InChI is InChI=1S/C13H18N4O2S/c1-10(14-2)11-4-3-5-13(6-11)20(18,19)17-8-12-7-15-9-16-12/h3-7,9-10,14,17H,8H2,1-2H3,(H,15,16). The van der Waals surface area contributed by atoms with Gasteiger partial charge in [-0.2, -0.15) is 0 Å². The molecule has 6 nitrogen and oxygen atoms in total. The lowest BCUT2D eigenvalue weighted by Crippen LogP contribution is -2.24. The Bertz CT molecular complexity index is 653. The molecule has 0 fully saturated rings. The number of aromatic nitrogens is 2. The molecule has 0 saturated heterocycles. The first-order valence-corrected chi connectivity index (χ1v) is 7.75.